The van der Waals surface area contributed by atoms with Crippen molar-refractivity contribution in [2.45, 2.75) is 66.2 Å². The van der Waals surface area contributed by atoms with Crippen LogP contribution in [0.3, 0.4) is 0 Å². The minimum absolute atomic E-state index is 0.876. The summed E-state index contributed by atoms with van der Waals surface area (Å²) in [5.74, 6) is 4.70. The summed E-state index contributed by atoms with van der Waals surface area (Å²) < 4.78 is 0. The lowest BCUT2D eigenvalue weighted by atomic mass is 9.77. The molecule has 0 aromatic rings. The molecule has 0 aromatic carbocycles. The average Bonchev–Trinajstić information content (AvgIpc) is 2.54. The normalized spacial score (nSPS) is 28.2. The summed E-state index contributed by atoms with van der Waals surface area (Å²) in [6.45, 7) is 16.1. The third-order valence-corrected chi connectivity index (χ3v) is 6.78. The second-order valence-corrected chi connectivity index (χ2v) is 9.21. The molecular weight excluding hydrogens is 280 g/mol. The van der Waals surface area contributed by atoms with E-state index in [0.717, 1.165) is 29.6 Å². The summed E-state index contributed by atoms with van der Waals surface area (Å²) in [4.78, 5) is 5.31. The van der Waals surface area contributed by atoms with Crippen molar-refractivity contribution in [3.63, 3.8) is 0 Å². The number of likely N-dealkylation sites (N-methyl/N-ethyl adjacent to an activating group) is 1. The van der Waals surface area contributed by atoms with E-state index in [1.807, 2.05) is 0 Å². The molecule has 1 aliphatic heterocycles. The fraction of sp³-hybridized carbons (Fsp3) is 1.00. The van der Waals surface area contributed by atoms with Crippen molar-refractivity contribution in [1.82, 2.24) is 9.80 Å². The van der Waals surface area contributed by atoms with E-state index < -0.39 is 0 Å². The lowest BCUT2D eigenvalue weighted by molar-refractivity contribution is 0.131. The molecule has 1 aliphatic carbocycles. The van der Waals surface area contributed by atoms with Crippen LogP contribution >= 0.6 is 0 Å². The second kappa shape index (κ2) is 9.42. The summed E-state index contributed by atoms with van der Waals surface area (Å²) in [6.07, 6.45) is 8.71. The van der Waals surface area contributed by atoms with Gasteiger partial charge in [0.2, 0.25) is 0 Å². The number of rotatable bonds is 7. The third kappa shape index (κ3) is 6.38. The minimum atomic E-state index is 0.876. The molecule has 0 amide bonds. The van der Waals surface area contributed by atoms with Crippen LogP contribution in [-0.4, -0.2) is 49.6 Å². The summed E-state index contributed by atoms with van der Waals surface area (Å²) in [5.41, 5.74) is 0. The van der Waals surface area contributed by atoms with Crippen LogP contribution in [-0.2, 0) is 0 Å². The van der Waals surface area contributed by atoms with E-state index in [0.29, 0.717) is 0 Å². The van der Waals surface area contributed by atoms with Crippen LogP contribution in [0.15, 0.2) is 0 Å². The van der Waals surface area contributed by atoms with Gasteiger partial charge >= 0.3 is 0 Å². The van der Waals surface area contributed by atoms with E-state index in [1.165, 1.54) is 71.2 Å². The van der Waals surface area contributed by atoms with Crippen molar-refractivity contribution in [2.24, 2.45) is 29.6 Å². The van der Waals surface area contributed by atoms with Gasteiger partial charge in [0.05, 0.1) is 0 Å². The van der Waals surface area contributed by atoms with Gasteiger partial charge in [0.1, 0.15) is 0 Å². The highest BCUT2D eigenvalue weighted by atomic mass is 15.2. The fourth-order valence-corrected chi connectivity index (χ4v) is 4.72. The molecule has 0 spiro atoms. The molecule has 0 atom stereocenters. The summed E-state index contributed by atoms with van der Waals surface area (Å²) in [7, 11) is 2.34. The molecule has 0 aromatic heterocycles. The number of likely N-dealkylation sites (tertiary alicyclic amines) is 1. The molecule has 2 nitrogen and oxygen atoms in total. The Kier molecular flexibility index (Phi) is 7.88. The smallest absolute Gasteiger partial charge is 0.0109 e. The first-order chi connectivity index (χ1) is 11.0. The van der Waals surface area contributed by atoms with Gasteiger partial charge in [0.15, 0.2) is 0 Å². The zero-order chi connectivity index (χ0) is 16.8. The van der Waals surface area contributed by atoms with E-state index in [2.05, 4.69) is 44.5 Å². The van der Waals surface area contributed by atoms with Crippen molar-refractivity contribution in [3.05, 3.63) is 0 Å². The van der Waals surface area contributed by atoms with Gasteiger partial charge in [-0.1, -0.05) is 27.7 Å². The molecule has 2 heteroatoms. The molecule has 1 saturated carbocycles. The Morgan fingerprint density at radius 3 is 1.87 bits per heavy atom. The summed E-state index contributed by atoms with van der Waals surface area (Å²) in [6, 6.07) is 0. The van der Waals surface area contributed by atoms with Crippen molar-refractivity contribution < 1.29 is 0 Å². The molecule has 0 N–H and O–H groups in total. The van der Waals surface area contributed by atoms with Crippen LogP contribution in [0.25, 0.3) is 0 Å². The second-order valence-electron chi connectivity index (χ2n) is 9.21. The molecule has 0 bridgehead atoms. The maximum Gasteiger partial charge on any atom is 0.0109 e. The molecule has 2 rings (SSSR count). The van der Waals surface area contributed by atoms with Gasteiger partial charge in [-0.15, -0.1) is 0 Å². The Hall–Kier alpha value is -0.0800. The first-order valence-electron chi connectivity index (χ1n) is 10.4. The first kappa shape index (κ1) is 19.2. The topological polar surface area (TPSA) is 6.48 Å². The van der Waals surface area contributed by atoms with Gasteiger partial charge in [-0.25, -0.2) is 0 Å². The zero-order valence-corrected chi connectivity index (χ0v) is 16.6. The van der Waals surface area contributed by atoms with E-state index in [1.54, 1.807) is 0 Å². The number of nitrogens with zero attached hydrogens (tertiary/aromatic N) is 2. The Morgan fingerprint density at radius 1 is 0.826 bits per heavy atom. The van der Waals surface area contributed by atoms with E-state index in [9.17, 15) is 0 Å². The number of piperidine rings is 1. The SMILES string of the molecule is CC(C)C1CCC(CN(C)CCN2CCC(C(C)C)CC2)CC1. The average molecular weight is 323 g/mol. The Morgan fingerprint density at radius 2 is 1.35 bits per heavy atom. The maximum atomic E-state index is 2.70. The molecule has 23 heavy (non-hydrogen) atoms. The van der Waals surface area contributed by atoms with Crippen molar-refractivity contribution in [2.75, 3.05) is 39.8 Å². The van der Waals surface area contributed by atoms with Crippen molar-refractivity contribution in [3.8, 4) is 0 Å². The highest BCUT2D eigenvalue weighted by Crippen LogP contribution is 2.33. The number of hydrogen-bond donors (Lipinski definition) is 0. The molecular formula is C21H42N2. The van der Waals surface area contributed by atoms with Crippen molar-refractivity contribution >= 4 is 0 Å². The monoisotopic (exact) mass is 322 g/mol. The quantitative estimate of drug-likeness (QED) is 0.667. The first-order valence-corrected chi connectivity index (χ1v) is 10.4. The Bertz CT molecular complexity index is 310. The Balaban J connectivity index is 1.58. The van der Waals surface area contributed by atoms with Gasteiger partial charge in [-0.3, -0.25) is 0 Å². The van der Waals surface area contributed by atoms with Crippen molar-refractivity contribution in [1.29, 1.82) is 0 Å². The molecule has 1 saturated heterocycles. The predicted octanol–water partition coefficient (Wildman–Crippen LogP) is 4.75. The molecule has 0 radical (unpaired) electrons. The molecule has 2 fully saturated rings. The summed E-state index contributed by atoms with van der Waals surface area (Å²) >= 11 is 0. The number of hydrogen-bond acceptors (Lipinski definition) is 2. The Labute approximate surface area is 146 Å². The third-order valence-electron chi connectivity index (χ3n) is 6.78. The van der Waals surface area contributed by atoms with Crippen LogP contribution in [0, 0.1) is 29.6 Å². The van der Waals surface area contributed by atoms with Gasteiger partial charge in [-0.2, -0.15) is 0 Å². The van der Waals surface area contributed by atoms with E-state index in [-0.39, 0.29) is 0 Å². The lowest BCUT2D eigenvalue weighted by Gasteiger charge is -2.36. The largest absolute Gasteiger partial charge is 0.305 e. The van der Waals surface area contributed by atoms with Gasteiger partial charge in [0, 0.05) is 19.6 Å². The summed E-state index contributed by atoms with van der Waals surface area (Å²) in [5, 5.41) is 0. The van der Waals surface area contributed by atoms with Gasteiger partial charge in [0.25, 0.3) is 0 Å². The predicted molar refractivity (Wildman–Crippen MR) is 102 cm³/mol. The molecule has 2 aliphatic rings. The van der Waals surface area contributed by atoms with E-state index >= 15 is 0 Å². The standard InChI is InChI=1S/C21H42N2/c1-17(2)20-8-6-19(7-9-20)16-22(5)14-15-23-12-10-21(11-13-23)18(3)4/h17-21H,6-16H2,1-5H3. The van der Waals surface area contributed by atoms with Crippen LogP contribution in [0.2, 0.25) is 0 Å². The maximum absolute atomic E-state index is 2.70. The van der Waals surface area contributed by atoms with Crippen LogP contribution < -0.4 is 0 Å². The zero-order valence-electron chi connectivity index (χ0n) is 16.6. The van der Waals surface area contributed by atoms with Crippen LogP contribution in [0.5, 0.6) is 0 Å². The van der Waals surface area contributed by atoms with Gasteiger partial charge < -0.3 is 9.80 Å². The highest BCUT2D eigenvalue weighted by Gasteiger charge is 2.24. The molecule has 136 valence electrons. The fourth-order valence-electron chi connectivity index (χ4n) is 4.72. The lowest BCUT2D eigenvalue weighted by Crippen LogP contribution is -2.40. The minimum Gasteiger partial charge on any atom is -0.305 e. The highest BCUT2D eigenvalue weighted by molar-refractivity contribution is 4.78. The van der Waals surface area contributed by atoms with Crippen LogP contribution in [0.1, 0.15) is 66.2 Å². The van der Waals surface area contributed by atoms with Crippen LogP contribution in [0.4, 0.5) is 0 Å². The van der Waals surface area contributed by atoms with E-state index in [4.69, 9.17) is 0 Å². The molecule has 1 heterocycles. The van der Waals surface area contributed by atoms with Gasteiger partial charge in [-0.05, 0) is 88.3 Å². The molecule has 0 unspecified atom stereocenters.